The molecule has 0 aliphatic carbocycles. The number of hydrogen-bond donors (Lipinski definition) is 1. The summed E-state index contributed by atoms with van der Waals surface area (Å²) < 4.78 is 21.2. The lowest BCUT2D eigenvalue weighted by molar-refractivity contribution is 0.174. The van der Waals surface area contributed by atoms with Gasteiger partial charge < -0.3 is 24.1 Å². The number of rotatable bonds is 6. The molecule has 0 radical (unpaired) electrons. The number of methoxy groups -OCH3 is 2. The van der Waals surface area contributed by atoms with E-state index in [2.05, 4.69) is 0 Å². The van der Waals surface area contributed by atoms with Crippen molar-refractivity contribution in [3.05, 3.63) is 41.5 Å². The molecule has 0 aromatic heterocycles. The van der Waals surface area contributed by atoms with Crippen LogP contribution in [0.15, 0.2) is 30.3 Å². The van der Waals surface area contributed by atoms with E-state index < -0.39 is 0 Å². The number of aryl methyl sites for hydroxylation is 1. The van der Waals surface area contributed by atoms with Gasteiger partial charge in [0.2, 0.25) is 6.79 Å². The number of fused-ring (bicyclic) bond motifs is 1. The van der Waals surface area contributed by atoms with E-state index in [1.807, 2.05) is 18.2 Å². The zero-order valence-electron chi connectivity index (χ0n) is 13.3. The summed E-state index contributed by atoms with van der Waals surface area (Å²) >= 11 is 0. The lowest BCUT2D eigenvalue weighted by Gasteiger charge is -2.12. The van der Waals surface area contributed by atoms with Crippen LogP contribution >= 0.6 is 0 Å². The van der Waals surface area contributed by atoms with E-state index >= 15 is 0 Å². The van der Waals surface area contributed by atoms with Crippen molar-refractivity contribution >= 4 is 0 Å². The normalized spacial score (nSPS) is 12.3. The first kappa shape index (κ1) is 15.3. The lowest BCUT2D eigenvalue weighted by atomic mass is 10.0. The Kier molecular flexibility index (Phi) is 4.46. The van der Waals surface area contributed by atoms with Gasteiger partial charge in [0.15, 0.2) is 11.5 Å². The highest BCUT2D eigenvalue weighted by atomic mass is 16.7. The summed E-state index contributed by atoms with van der Waals surface area (Å²) in [6, 6.07) is 9.38. The monoisotopic (exact) mass is 316 g/mol. The van der Waals surface area contributed by atoms with Crippen molar-refractivity contribution in [2.45, 2.75) is 19.3 Å². The Bertz CT molecular complexity index is 696. The van der Waals surface area contributed by atoms with Crippen LogP contribution in [0.25, 0.3) is 0 Å². The van der Waals surface area contributed by atoms with Crippen LogP contribution in [-0.2, 0) is 12.8 Å². The molecule has 1 aliphatic heterocycles. The number of aromatic hydroxyl groups is 1. The number of phenols is 1. The number of hydrogen-bond acceptors (Lipinski definition) is 5. The molecule has 1 N–H and O–H groups in total. The first-order chi connectivity index (χ1) is 11.2. The fraction of sp³-hybridized carbons (Fsp3) is 0.333. The molecule has 3 rings (SSSR count). The van der Waals surface area contributed by atoms with Gasteiger partial charge in [-0.3, -0.25) is 0 Å². The second-order valence-corrected chi connectivity index (χ2v) is 5.37. The van der Waals surface area contributed by atoms with E-state index in [9.17, 15) is 5.11 Å². The average Bonchev–Trinajstić information content (AvgIpc) is 3.03. The molecule has 1 heterocycles. The van der Waals surface area contributed by atoms with Crippen molar-refractivity contribution in [2.24, 2.45) is 0 Å². The minimum atomic E-state index is 0.201. The van der Waals surface area contributed by atoms with Crippen LogP contribution < -0.4 is 18.9 Å². The van der Waals surface area contributed by atoms with Crippen LogP contribution in [0.1, 0.15) is 17.5 Å². The zero-order chi connectivity index (χ0) is 16.2. The molecule has 1 aliphatic rings. The Labute approximate surface area is 135 Å². The first-order valence-electron chi connectivity index (χ1n) is 7.53. The largest absolute Gasteiger partial charge is 0.507 e. The summed E-state index contributed by atoms with van der Waals surface area (Å²) in [6.07, 6.45) is 2.48. The molecule has 122 valence electrons. The van der Waals surface area contributed by atoms with E-state index in [0.29, 0.717) is 17.9 Å². The lowest BCUT2D eigenvalue weighted by Crippen LogP contribution is -1.96. The van der Waals surface area contributed by atoms with E-state index in [0.717, 1.165) is 29.9 Å². The Morgan fingerprint density at radius 3 is 2.61 bits per heavy atom. The predicted octanol–water partition coefficient (Wildman–Crippen LogP) is 3.31. The van der Waals surface area contributed by atoms with Gasteiger partial charge in [-0.2, -0.15) is 0 Å². The van der Waals surface area contributed by atoms with Crippen LogP contribution in [0.5, 0.6) is 28.7 Å². The third-order valence-corrected chi connectivity index (χ3v) is 3.94. The molecule has 5 heteroatoms. The van der Waals surface area contributed by atoms with Gasteiger partial charge in [-0.15, -0.1) is 0 Å². The van der Waals surface area contributed by atoms with Crippen molar-refractivity contribution < 1.29 is 24.1 Å². The molecule has 0 spiro atoms. The summed E-state index contributed by atoms with van der Waals surface area (Å²) in [5.74, 6) is 3.02. The standard InChI is InChI=1S/C18H20O5/c1-20-13-9-15(19)14(17(10-13)21-2)5-3-4-12-6-7-16-18(8-12)23-11-22-16/h6-10,19H,3-5,11H2,1-2H3. The van der Waals surface area contributed by atoms with Gasteiger partial charge in [0.25, 0.3) is 0 Å². The zero-order valence-corrected chi connectivity index (χ0v) is 13.3. The second kappa shape index (κ2) is 6.69. The fourth-order valence-electron chi connectivity index (χ4n) is 2.72. The minimum absolute atomic E-state index is 0.201. The number of phenolic OH excluding ortho intramolecular Hbond substituents is 1. The molecule has 0 saturated carbocycles. The van der Waals surface area contributed by atoms with Crippen molar-refractivity contribution in [3.63, 3.8) is 0 Å². The Balaban J connectivity index is 1.66. The van der Waals surface area contributed by atoms with Gasteiger partial charge in [0.1, 0.15) is 17.2 Å². The molecule has 0 fully saturated rings. The van der Waals surface area contributed by atoms with Crippen LogP contribution in [0, 0.1) is 0 Å². The van der Waals surface area contributed by atoms with Gasteiger partial charge in [-0.25, -0.2) is 0 Å². The summed E-state index contributed by atoms with van der Waals surface area (Å²) in [5, 5.41) is 10.2. The molecule has 2 aromatic carbocycles. The van der Waals surface area contributed by atoms with Crippen LogP contribution in [0.3, 0.4) is 0 Å². The molecule has 0 unspecified atom stereocenters. The second-order valence-electron chi connectivity index (χ2n) is 5.37. The van der Waals surface area contributed by atoms with Crippen molar-refractivity contribution in [1.29, 1.82) is 0 Å². The summed E-state index contributed by atoms with van der Waals surface area (Å²) in [7, 11) is 3.16. The highest BCUT2D eigenvalue weighted by Gasteiger charge is 2.14. The van der Waals surface area contributed by atoms with Crippen LogP contribution in [-0.4, -0.2) is 26.1 Å². The molecule has 23 heavy (non-hydrogen) atoms. The maximum atomic E-state index is 10.2. The highest BCUT2D eigenvalue weighted by Crippen LogP contribution is 2.35. The van der Waals surface area contributed by atoms with Gasteiger partial charge in [-0.05, 0) is 37.0 Å². The third-order valence-electron chi connectivity index (χ3n) is 3.94. The van der Waals surface area contributed by atoms with Crippen molar-refractivity contribution in [3.8, 4) is 28.7 Å². The quantitative estimate of drug-likeness (QED) is 0.886. The first-order valence-corrected chi connectivity index (χ1v) is 7.53. The van der Waals surface area contributed by atoms with E-state index in [-0.39, 0.29) is 12.5 Å². The predicted molar refractivity (Wildman–Crippen MR) is 85.8 cm³/mol. The molecule has 0 amide bonds. The molecular formula is C18H20O5. The average molecular weight is 316 g/mol. The maximum absolute atomic E-state index is 10.2. The summed E-state index contributed by atoms with van der Waals surface area (Å²) in [5.41, 5.74) is 1.98. The topological polar surface area (TPSA) is 57.2 Å². The third kappa shape index (κ3) is 3.28. The minimum Gasteiger partial charge on any atom is -0.507 e. The highest BCUT2D eigenvalue weighted by molar-refractivity contribution is 5.50. The van der Waals surface area contributed by atoms with E-state index in [4.69, 9.17) is 18.9 Å². The van der Waals surface area contributed by atoms with Crippen molar-refractivity contribution in [1.82, 2.24) is 0 Å². The van der Waals surface area contributed by atoms with E-state index in [1.165, 1.54) is 5.56 Å². The Morgan fingerprint density at radius 2 is 1.83 bits per heavy atom. The molecule has 0 saturated heterocycles. The fourth-order valence-corrected chi connectivity index (χ4v) is 2.72. The number of ether oxygens (including phenoxy) is 4. The van der Waals surface area contributed by atoms with E-state index in [1.54, 1.807) is 26.4 Å². The SMILES string of the molecule is COc1cc(O)c(CCCc2ccc3c(c2)OCO3)c(OC)c1. The maximum Gasteiger partial charge on any atom is 0.231 e. The smallest absolute Gasteiger partial charge is 0.231 e. The van der Waals surface area contributed by atoms with Gasteiger partial charge in [0.05, 0.1) is 14.2 Å². The van der Waals surface area contributed by atoms with Crippen LogP contribution in [0.2, 0.25) is 0 Å². The number of benzene rings is 2. The summed E-state index contributed by atoms with van der Waals surface area (Å²) in [4.78, 5) is 0. The summed E-state index contributed by atoms with van der Waals surface area (Å²) in [6.45, 7) is 0.287. The van der Waals surface area contributed by atoms with Gasteiger partial charge >= 0.3 is 0 Å². The van der Waals surface area contributed by atoms with Gasteiger partial charge in [-0.1, -0.05) is 6.07 Å². The molecule has 0 bridgehead atoms. The van der Waals surface area contributed by atoms with Gasteiger partial charge in [0, 0.05) is 17.7 Å². The molecule has 0 atom stereocenters. The molecule has 2 aromatic rings. The Morgan fingerprint density at radius 1 is 1.00 bits per heavy atom. The van der Waals surface area contributed by atoms with Crippen molar-refractivity contribution in [2.75, 3.05) is 21.0 Å². The molecule has 5 nitrogen and oxygen atoms in total. The Hall–Kier alpha value is -2.56. The van der Waals surface area contributed by atoms with Crippen LogP contribution in [0.4, 0.5) is 0 Å². The molecular weight excluding hydrogens is 296 g/mol.